The number of likely N-dealkylation sites (N-methyl/N-ethyl adjacent to an activating group) is 1. The summed E-state index contributed by atoms with van der Waals surface area (Å²) in [6.07, 6.45) is -4.74. The van der Waals surface area contributed by atoms with Crippen molar-refractivity contribution in [1.29, 1.82) is 0 Å². The lowest BCUT2D eigenvalue weighted by molar-refractivity contribution is -0.137. The second-order valence-electron chi connectivity index (χ2n) is 6.83. The molecular formula is C20H15F3N4O3. The van der Waals surface area contributed by atoms with E-state index in [9.17, 15) is 22.8 Å². The van der Waals surface area contributed by atoms with Crippen molar-refractivity contribution in [2.45, 2.75) is 19.1 Å². The van der Waals surface area contributed by atoms with Crippen LogP contribution in [0.2, 0.25) is 0 Å². The molecule has 154 valence electrons. The van der Waals surface area contributed by atoms with E-state index in [2.05, 4.69) is 9.97 Å². The molecule has 0 saturated heterocycles. The lowest BCUT2D eigenvalue weighted by atomic mass is 9.96. The molecule has 1 atom stereocenters. The van der Waals surface area contributed by atoms with Crippen LogP contribution in [0.5, 0.6) is 0 Å². The Hall–Kier alpha value is -3.69. The molecule has 1 amide bonds. The maximum Gasteiger partial charge on any atom is 0.417 e. The number of nitrogens with zero attached hydrogens (tertiary/aromatic N) is 3. The van der Waals surface area contributed by atoms with E-state index in [0.717, 1.165) is 17.0 Å². The lowest BCUT2D eigenvalue weighted by Gasteiger charge is -2.20. The van der Waals surface area contributed by atoms with E-state index in [1.54, 1.807) is 19.1 Å². The van der Waals surface area contributed by atoms with Crippen LogP contribution >= 0.6 is 0 Å². The smallest absolute Gasteiger partial charge is 0.417 e. The van der Waals surface area contributed by atoms with Gasteiger partial charge in [-0.05, 0) is 25.1 Å². The highest BCUT2D eigenvalue weighted by Crippen LogP contribution is 2.41. The first kappa shape index (κ1) is 19.6. The number of benzene rings is 1. The summed E-state index contributed by atoms with van der Waals surface area (Å²) >= 11 is 0. The molecule has 1 aliphatic rings. The van der Waals surface area contributed by atoms with Gasteiger partial charge in [0, 0.05) is 12.6 Å². The third-order valence-electron chi connectivity index (χ3n) is 4.85. The quantitative estimate of drug-likeness (QED) is 0.654. The minimum Gasteiger partial charge on any atom is -0.460 e. The van der Waals surface area contributed by atoms with Crippen LogP contribution in [0.3, 0.4) is 0 Å². The van der Waals surface area contributed by atoms with Crippen LogP contribution in [0.4, 0.5) is 19.1 Å². The Morgan fingerprint density at radius 1 is 1.17 bits per heavy atom. The number of carbonyl (C=O) groups excluding carboxylic acids is 2. The predicted molar refractivity (Wildman–Crippen MR) is 99.5 cm³/mol. The first-order chi connectivity index (χ1) is 14.1. The molecule has 30 heavy (non-hydrogen) atoms. The molecule has 3 heterocycles. The summed E-state index contributed by atoms with van der Waals surface area (Å²) < 4.78 is 45.8. The number of nitrogens with two attached hydrogens (primary N) is 1. The lowest BCUT2D eigenvalue weighted by Crippen LogP contribution is -2.30. The molecule has 2 aromatic heterocycles. The Bertz CT molecular complexity index is 1190. The number of fused-ring (bicyclic) bond motifs is 1. The van der Waals surface area contributed by atoms with Crippen molar-refractivity contribution in [1.82, 2.24) is 14.9 Å². The Morgan fingerprint density at radius 3 is 2.50 bits per heavy atom. The van der Waals surface area contributed by atoms with Gasteiger partial charge in [-0.25, -0.2) is 9.97 Å². The standard InChI is InChI=1S/C20H15F3N4O3/c1-9-7-8-12(30-9)14-13-15(26-19(24)25-14)16(27(2)18(13)29)17(28)10-5-3-4-6-11(10)20(21,22)23/h3-8,16H,1-2H3,(H2,24,25,26). The van der Waals surface area contributed by atoms with E-state index in [-0.39, 0.29) is 28.7 Å². The van der Waals surface area contributed by atoms with Crippen LogP contribution in [0.1, 0.15) is 43.8 Å². The number of hydrogen-bond acceptors (Lipinski definition) is 6. The zero-order valence-corrected chi connectivity index (χ0v) is 15.8. The van der Waals surface area contributed by atoms with Crippen molar-refractivity contribution in [3.63, 3.8) is 0 Å². The Kier molecular flexibility index (Phi) is 4.37. The molecule has 0 fully saturated rings. The molecule has 1 aliphatic heterocycles. The summed E-state index contributed by atoms with van der Waals surface area (Å²) in [5.41, 5.74) is 4.14. The Balaban J connectivity index is 1.90. The summed E-state index contributed by atoms with van der Waals surface area (Å²) in [7, 11) is 1.32. The summed E-state index contributed by atoms with van der Waals surface area (Å²) in [4.78, 5) is 35.2. The van der Waals surface area contributed by atoms with Gasteiger partial charge in [0.05, 0.1) is 16.8 Å². The fraction of sp³-hybridized carbons (Fsp3) is 0.200. The number of hydrogen-bond donors (Lipinski definition) is 1. The Labute approximate surface area is 168 Å². The summed E-state index contributed by atoms with van der Waals surface area (Å²) in [6, 6.07) is 6.26. The number of aromatic nitrogens is 2. The van der Waals surface area contributed by atoms with E-state index >= 15 is 0 Å². The summed E-state index contributed by atoms with van der Waals surface area (Å²) in [6.45, 7) is 1.70. The zero-order valence-electron chi connectivity index (χ0n) is 15.8. The van der Waals surface area contributed by atoms with Crippen molar-refractivity contribution < 1.29 is 27.2 Å². The van der Waals surface area contributed by atoms with E-state index < -0.39 is 35.0 Å². The fourth-order valence-electron chi connectivity index (χ4n) is 3.51. The SMILES string of the molecule is Cc1ccc(-c2nc(N)nc3c2C(=O)N(C)C3C(=O)c2ccccc2C(F)(F)F)o1. The maximum atomic E-state index is 13.4. The highest BCUT2D eigenvalue weighted by Gasteiger charge is 2.46. The van der Waals surface area contributed by atoms with E-state index in [0.29, 0.717) is 5.76 Å². The number of anilines is 1. The second kappa shape index (κ2) is 6.68. The number of ketones is 1. The van der Waals surface area contributed by atoms with Crippen molar-refractivity contribution in [3.8, 4) is 11.5 Å². The van der Waals surface area contributed by atoms with Gasteiger partial charge in [-0.15, -0.1) is 0 Å². The highest BCUT2D eigenvalue weighted by molar-refractivity contribution is 6.12. The molecule has 7 nitrogen and oxygen atoms in total. The molecule has 2 N–H and O–H groups in total. The van der Waals surface area contributed by atoms with Gasteiger partial charge < -0.3 is 15.1 Å². The molecule has 0 saturated carbocycles. The van der Waals surface area contributed by atoms with E-state index in [1.807, 2.05) is 0 Å². The molecular weight excluding hydrogens is 401 g/mol. The van der Waals surface area contributed by atoms with Gasteiger partial charge in [0.2, 0.25) is 5.95 Å². The summed E-state index contributed by atoms with van der Waals surface area (Å²) in [5.74, 6) is -0.971. The van der Waals surface area contributed by atoms with Gasteiger partial charge in [0.1, 0.15) is 17.5 Å². The van der Waals surface area contributed by atoms with Gasteiger partial charge in [0.15, 0.2) is 11.5 Å². The minimum atomic E-state index is -4.74. The number of amides is 1. The van der Waals surface area contributed by atoms with E-state index in [1.165, 1.54) is 19.2 Å². The van der Waals surface area contributed by atoms with Gasteiger partial charge in [-0.2, -0.15) is 13.2 Å². The minimum absolute atomic E-state index is 0.0242. The molecule has 0 aliphatic carbocycles. The molecule has 4 rings (SSSR count). The van der Waals surface area contributed by atoms with Crippen LogP contribution in [-0.4, -0.2) is 33.6 Å². The summed E-state index contributed by atoms with van der Waals surface area (Å²) in [5, 5.41) is 0. The fourth-order valence-corrected chi connectivity index (χ4v) is 3.51. The highest BCUT2D eigenvalue weighted by atomic mass is 19.4. The third kappa shape index (κ3) is 3.00. The van der Waals surface area contributed by atoms with Crippen LogP contribution in [-0.2, 0) is 6.18 Å². The average molecular weight is 416 g/mol. The first-order valence-corrected chi connectivity index (χ1v) is 8.81. The predicted octanol–water partition coefficient (Wildman–Crippen LogP) is 3.66. The van der Waals surface area contributed by atoms with Crippen LogP contribution in [0.25, 0.3) is 11.5 Å². The zero-order chi connectivity index (χ0) is 21.8. The van der Waals surface area contributed by atoms with Crippen LogP contribution in [0, 0.1) is 6.92 Å². The normalized spacial score (nSPS) is 16.1. The van der Waals surface area contributed by atoms with E-state index in [4.69, 9.17) is 10.2 Å². The van der Waals surface area contributed by atoms with Crippen LogP contribution in [0.15, 0.2) is 40.8 Å². The molecule has 0 bridgehead atoms. The number of nitrogen functional groups attached to an aromatic ring is 1. The number of carbonyl (C=O) groups is 2. The van der Waals surface area contributed by atoms with Gasteiger partial charge in [-0.3, -0.25) is 9.59 Å². The van der Waals surface area contributed by atoms with Crippen molar-refractivity contribution >= 4 is 17.6 Å². The topological polar surface area (TPSA) is 102 Å². The van der Waals surface area contributed by atoms with Gasteiger partial charge in [0.25, 0.3) is 5.91 Å². The molecule has 1 unspecified atom stereocenters. The number of aryl methyl sites for hydroxylation is 1. The largest absolute Gasteiger partial charge is 0.460 e. The molecule has 0 radical (unpaired) electrons. The number of rotatable bonds is 3. The van der Waals surface area contributed by atoms with Gasteiger partial charge in [-0.1, -0.05) is 18.2 Å². The molecule has 10 heteroatoms. The third-order valence-corrected chi connectivity index (χ3v) is 4.85. The van der Waals surface area contributed by atoms with Crippen molar-refractivity contribution in [2.24, 2.45) is 0 Å². The second-order valence-corrected chi connectivity index (χ2v) is 6.83. The average Bonchev–Trinajstić information content (AvgIpc) is 3.22. The van der Waals surface area contributed by atoms with Crippen molar-refractivity contribution in [3.05, 3.63) is 64.5 Å². The monoisotopic (exact) mass is 416 g/mol. The van der Waals surface area contributed by atoms with Crippen molar-refractivity contribution in [2.75, 3.05) is 12.8 Å². The number of furan rings is 1. The molecule has 0 spiro atoms. The molecule has 1 aromatic carbocycles. The van der Waals surface area contributed by atoms with Crippen LogP contribution < -0.4 is 5.73 Å². The number of Topliss-reactive ketones (excluding diaryl/α,β-unsaturated/α-hetero) is 1. The van der Waals surface area contributed by atoms with Gasteiger partial charge >= 0.3 is 6.18 Å². The Morgan fingerprint density at radius 2 is 1.87 bits per heavy atom. The number of halogens is 3. The first-order valence-electron chi connectivity index (χ1n) is 8.81. The number of alkyl halides is 3. The maximum absolute atomic E-state index is 13.4. The molecule has 3 aromatic rings.